The van der Waals surface area contributed by atoms with Crippen molar-refractivity contribution in [2.75, 3.05) is 5.73 Å². The van der Waals surface area contributed by atoms with Crippen LogP contribution in [0.1, 0.15) is 12.7 Å². The van der Waals surface area contributed by atoms with E-state index in [1.165, 1.54) is 0 Å². The largest absolute Gasteiger partial charge is 0.383 e. The summed E-state index contributed by atoms with van der Waals surface area (Å²) >= 11 is 12.0. The number of imidazole rings is 1. The first-order chi connectivity index (χ1) is 9.08. The summed E-state index contributed by atoms with van der Waals surface area (Å²) in [5, 5.41) is 1.01. The maximum Gasteiger partial charge on any atom is 0.132 e. The Bertz CT molecular complexity index is 617. The third kappa shape index (κ3) is 2.62. The lowest BCUT2D eigenvalue weighted by atomic mass is 10.1. The molecule has 2 aromatic rings. The number of rotatable bonds is 4. The van der Waals surface area contributed by atoms with Gasteiger partial charge < -0.3 is 10.3 Å². The molecule has 0 saturated carbocycles. The molecule has 0 bridgehead atoms. The van der Waals surface area contributed by atoms with E-state index < -0.39 is 0 Å². The van der Waals surface area contributed by atoms with Gasteiger partial charge >= 0.3 is 0 Å². The second kappa shape index (κ2) is 5.68. The van der Waals surface area contributed by atoms with Crippen LogP contribution in [0.15, 0.2) is 30.9 Å². The molecule has 0 fully saturated rings. The van der Waals surface area contributed by atoms with Crippen LogP contribution in [0, 0.1) is 0 Å². The summed E-state index contributed by atoms with van der Waals surface area (Å²) in [6, 6.07) is 5.39. The van der Waals surface area contributed by atoms with Crippen LogP contribution in [0.4, 0.5) is 5.82 Å². The lowest BCUT2D eigenvalue weighted by Gasteiger charge is -2.05. The number of anilines is 1. The molecule has 0 radical (unpaired) electrons. The third-order valence-corrected chi connectivity index (χ3v) is 3.65. The molecule has 1 aromatic heterocycles. The number of allylic oxidation sites excluding steroid dienone is 1. The average Bonchev–Trinajstić information content (AvgIpc) is 2.71. The predicted molar refractivity (Wildman–Crippen MR) is 81.7 cm³/mol. The van der Waals surface area contributed by atoms with Gasteiger partial charge in [0.1, 0.15) is 17.3 Å². The van der Waals surface area contributed by atoms with E-state index in [0.29, 0.717) is 22.4 Å². The summed E-state index contributed by atoms with van der Waals surface area (Å²) in [4.78, 5) is 4.58. The molecule has 3 nitrogen and oxygen atoms in total. The summed E-state index contributed by atoms with van der Waals surface area (Å²) in [7, 11) is 0. The van der Waals surface area contributed by atoms with Crippen molar-refractivity contribution >= 4 is 29.0 Å². The van der Waals surface area contributed by atoms with E-state index in [4.69, 9.17) is 28.9 Å². The van der Waals surface area contributed by atoms with Crippen LogP contribution in [0.25, 0.3) is 11.3 Å². The number of aryl methyl sites for hydroxylation is 1. The highest BCUT2D eigenvalue weighted by Crippen LogP contribution is 2.31. The van der Waals surface area contributed by atoms with Crippen LogP contribution in [0.2, 0.25) is 10.0 Å². The Kier molecular flexibility index (Phi) is 4.17. The molecule has 0 saturated heterocycles. The molecule has 0 aliphatic carbocycles. The van der Waals surface area contributed by atoms with Crippen molar-refractivity contribution in [2.45, 2.75) is 19.9 Å². The third-order valence-electron chi connectivity index (χ3n) is 2.91. The van der Waals surface area contributed by atoms with E-state index in [9.17, 15) is 0 Å². The summed E-state index contributed by atoms with van der Waals surface area (Å²) in [6.45, 7) is 6.42. The van der Waals surface area contributed by atoms with Crippen LogP contribution >= 0.6 is 23.2 Å². The number of benzene rings is 1. The zero-order valence-corrected chi connectivity index (χ0v) is 12.2. The van der Waals surface area contributed by atoms with Crippen molar-refractivity contribution in [2.24, 2.45) is 0 Å². The molecular weight excluding hydrogens is 281 g/mol. The minimum absolute atomic E-state index is 0.495. The van der Waals surface area contributed by atoms with Crippen molar-refractivity contribution in [1.82, 2.24) is 9.55 Å². The first-order valence-electron chi connectivity index (χ1n) is 5.99. The summed E-state index contributed by atoms with van der Waals surface area (Å²) in [5.41, 5.74) is 7.76. The van der Waals surface area contributed by atoms with Gasteiger partial charge in [0, 0.05) is 18.5 Å². The van der Waals surface area contributed by atoms with Gasteiger partial charge in [-0.2, -0.15) is 0 Å². The number of halogens is 2. The van der Waals surface area contributed by atoms with Crippen LogP contribution in [0.5, 0.6) is 0 Å². The van der Waals surface area contributed by atoms with Gasteiger partial charge in [-0.1, -0.05) is 42.3 Å². The molecule has 2 N–H and O–H groups in total. The van der Waals surface area contributed by atoms with E-state index in [1.54, 1.807) is 18.2 Å². The lowest BCUT2D eigenvalue weighted by molar-refractivity contribution is 0.757. The lowest BCUT2D eigenvalue weighted by Crippen LogP contribution is -2.05. The highest BCUT2D eigenvalue weighted by atomic mass is 35.5. The fourth-order valence-electron chi connectivity index (χ4n) is 1.97. The van der Waals surface area contributed by atoms with Crippen molar-refractivity contribution in [3.63, 3.8) is 0 Å². The maximum atomic E-state index is 6.16. The second-order valence-corrected chi connectivity index (χ2v) is 4.96. The van der Waals surface area contributed by atoms with Crippen LogP contribution in [-0.4, -0.2) is 9.55 Å². The van der Waals surface area contributed by atoms with Gasteiger partial charge in [0.15, 0.2) is 0 Å². The van der Waals surface area contributed by atoms with Crippen molar-refractivity contribution in [1.29, 1.82) is 0 Å². The Labute approximate surface area is 122 Å². The fourth-order valence-corrected chi connectivity index (χ4v) is 2.27. The second-order valence-electron chi connectivity index (χ2n) is 4.14. The minimum atomic E-state index is 0.495. The highest BCUT2D eigenvalue weighted by Gasteiger charge is 2.15. The van der Waals surface area contributed by atoms with Gasteiger partial charge in [0.05, 0.1) is 10.0 Å². The molecule has 0 unspecified atom stereocenters. The molecule has 0 aliphatic rings. The Hall–Kier alpha value is -1.45. The monoisotopic (exact) mass is 295 g/mol. The topological polar surface area (TPSA) is 43.8 Å². The minimum Gasteiger partial charge on any atom is -0.383 e. The predicted octanol–water partition coefficient (Wildman–Crippen LogP) is 4.19. The molecule has 5 heteroatoms. The maximum absolute atomic E-state index is 6.16. The zero-order valence-electron chi connectivity index (χ0n) is 10.7. The van der Waals surface area contributed by atoms with Gasteiger partial charge in [-0.15, -0.1) is 6.58 Å². The number of aromatic nitrogens is 2. The summed E-state index contributed by atoms with van der Waals surface area (Å²) in [5.74, 6) is 1.55. The molecule has 0 amide bonds. The summed E-state index contributed by atoms with van der Waals surface area (Å²) in [6.07, 6.45) is 2.61. The van der Waals surface area contributed by atoms with Crippen LogP contribution in [-0.2, 0) is 13.0 Å². The van der Waals surface area contributed by atoms with Gasteiger partial charge in [0.2, 0.25) is 0 Å². The SMILES string of the molecule is C=CCn1c(CC)nc(-c2ccc(Cl)c(Cl)c2)c1N. The number of nitrogen functional groups attached to an aromatic ring is 1. The Morgan fingerprint density at radius 1 is 1.37 bits per heavy atom. The molecular formula is C14H15Cl2N3. The van der Waals surface area contributed by atoms with E-state index >= 15 is 0 Å². The number of nitrogens with two attached hydrogens (primary N) is 1. The molecule has 100 valence electrons. The fraction of sp³-hybridized carbons (Fsp3) is 0.214. The van der Waals surface area contributed by atoms with Crippen LogP contribution < -0.4 is 5.73 Å². The molecule has 0 aliphatic heterocycles. The van der Waals surface area contributed by atoms with Crippen molar-refractivity contribution < 1.29 is 0 Å². The smallest absolute Gasteiger partial charge is 0.132 e. The normalized spacial score (nSPS) is 10.7. The first kappa shape index (κ1) is 14.0. The van der Waals surface area contributed by atoms with Crippen molar-refractivity contribution in [3.8, 4) is 11.3 Å². The van der Waals surface area contributed by atoms with E-state index in [2.05, 4.69) is 11.6 Å². The average molecular weight is 296 g/mol. The van der Waals surface area contributed by atoms with Gasteiger partial charge in [-0.05, 0) is 12.1 Å². The van der Waals surface area contributed by atoms with Crippen molar-refractivity contribution in [3.05, 3.63) is 46.7 Å². The van der Waals surface area contributed by atoms with E-state index in [1.807, 2.05) is 17.6 Å². The number of hydrogen-bond donors (Lipinski definition) is 1. The van der Waals surface area contributed by atoms with E-state index in [0.717, 1.165) is 23.5 Å². The Balaban J connectivity index is 2.55. The standard InChI is InChI=1S/C14H15Cl2N3/c1-3-7-19-12(4-2)18-13(14(19)17)9-5-6-10(15)11(16)8-9/h3,5-6,8H,1,4,7,17H2,2H3. The van der Waals surface area contributed by atoms with Gasteiger partial charge in [-0.3, -0.25) is 0 Å². The van der Waals surface area contributed by atoms with E-state index in [-0.39, 0.29) is 0 Å². The number of hydrogen-bond acceptors (Lipinski definition) is 2. The summed E-state index contributed by atoms with van der Waals surface area (Å²) < 4.78 is 1.95. The number of nitrogens with zero attached hydrogens (tertiary/aromatic N) is 2. The van der Waals surface area contributed by atoms with Gasteiger partial charge in [0.25, 0.3) is 0 Å². The van der Waals surface area contributed by atoms with Crippen LogP contribution in [0.3, 0.4) is 0 Å². The molecule has 1 heterocycles. The highest BCUT2D eigenvalue weighted by molar-refractivity contribution is 6.42. The first-order valence-corrected chi connectivity index (χ1v) is 6.75. The Morgan fingerprint density at radius 3 is 2.68 bits per heavy atom. The van der Waals surface area contributed by atoms with Gasteiger partial charge in [-0.25, -0.2) is 4.98 Å². The molecule has 2 rings (SSSR count). The quantitative estimate of drug-likeness (QED) is 0.860. The molecule has 1 aromatic carbocycles. The molecule has 0 spiro atoms. The molecule has 0 atom stereocenters. The zero-order chi connectivity index (χ0) is 14.0. The Morgan fingerprint density at radius 2 is 2.11 bits per heavy atom. The molecule has 19 heavy (non-hydrogen) atoms.